The Morgan fingerprint density at radius 3 is 2.40 bits per heavy atom. The van der Waals surface area contributed by atoms with Crippen LogP contribution in [0.15, 0.2) is 28.7 Å². The van der Waals surface area contributed by atoms with Crippen molar-refractivity contribution in [1.82, 2.24) is 0 Å². The fourth-order valence-corrected chi connectivity index (χ4v) is 2.01. The van der Waals surface area contributed by atoms with Crippen LogP contribution in [0.4, 0.5) is 0 Å². The molecule has 1 aliphatic heterocycles. The van der Waals surface area contributed by atoms with Crippen LogP contribution in [0.2, 0.25) is 0 Å². The summed E-state index contributed by atoms with van der Waals surface area (Å²) in [5.41, 5.74) is 1.19. The van der Waals surface area contributed by atoms with Crippen LogP contribution in [0, 0.1) is 5.41 Å². The Kier molecular flexibility index (Phi) is 3.19. The Morgan fingerprint density at radius 2 is 1.80 bits per heavy atom. The average molecular weight is 269 g/mol. The number of rotatable bonds is 1. The predicted molar refractivity (Wildman–Crippen MR) is 65.2 cm³/mol. The highest BCUT2D eigenvalue weighted by atomic mass is 79.9. The van der Waals surface area contributed by atoms with Gasteiger partial charge in [-0.3, -0.25) is 0 Å². The summed E-state index contributed by atoms with van der Waals surface area (Å²) in [5.74, 6) is 0. The average Bonchev–Trinajstić information content (AvgIpc) is 2.19. The van der Waals surface area contributed by atoms with Crippen molar-refractivity contribution in [2.45, 2.75) is 13.8 Å². The highest BCUT2D eigenvalue weighted by Crippen LogP contribution is 2.22. The fraction of sp³-hybridized carbons (Fsp3) is 0.455. The Hall–Kier alpha value is -0.315. The minimum Gasteiger partial charge on any atom is -0.407 e. The maximum absolute atomic E-state index is 5.71. The van der Waals surface area contributed by atoms with Gasteiger partial charge in [0.1, 0.15) is 0 Å². The molecule has 1 aliphatic rings. The second-order valence-corrected chi connectivity index (χ2v) is 5.49. The van der Waals surface area contributed by atoms with E-state index in [1.165, 1.54) is 0 Å². The lowest BCUT2D eigenvalue weighted by molar-refractivity contribution is 0.0342. The molecule has 0 atom stereocenters. The first-order valence-corrected chi connectivity index (χ1v) is 5.85. The second-order valence-electron chi connectivity index (χ2n) is 4.64. The first kappa shape index (κ1) is 11.2. The number of halogens is 1. The van der Waals surface area contributed by atoms with E-state index in [1.54, 1.807) is 0 Å². The standard InChI is InChI=1S/C11H14BBrO2/c1-11(2)7-14-12(15-8-11)9-5-3-4-6-10(9)13/h3-6H,7-8H2,1-2H3. The third kappa shape index (κ3) is 2.62. The van der Waals surface area contributed by atoms with Crippen molar-refractivity contribution in [3.63, 3.8) is 0 Å². The van der Waals surface area contributed by atoms with E-state index in [4.69, 9.17) is 9.31 Å². The molecule has 1 heterocycles. The highest BCUT2D eigenvalue weighted by Gasteiger charge is 2.34. The van der Waals surface area contributed by atoms with Crippen molar-refractivity contribution in [3.05, 3.63) is 28.7 Å². The van der Waals surface area contributed by atoms with Gasteiger partial charge in [0.2, 0.25) is 0 Å². The van der Waals surface area contributed by atoms with E-state index < -0.39 is 0 Å². The first-order chi connectivity index (χ1) is 7.08. The van der Waals surface area contributed by atoms with Gasteiger partial charge in [-0.15, -0.1) is 0 Å². The van der Waals surface area contributed by atoms with Gasteiger partial charge >= 0.3 is 7.12 Å². The molecule has 0 radical (unpaired) electrons. The summed E-state index contributed by atoms with van der Waals surface area (Å²) in [6, 6.07) is 8.00. The zero-order valence-corrected chi connectivity index (χ0v) is 10.6. The monoisotopic (exact) mass is 268 g/mol. The van der Waals surface area contributed by atoms with E-state index in [1.807, 2.05) is 24.3 Å². The van der Waals surface area contributed by atoms with Crippen molar-refractivity contribution in [1.29, 1.82) is 0 Å². The smallest absolute Gasteiger partial charge is 0.407 e. The van der Waals surface area contributed by atoms with Crippen molar-refractivity contribution in [2.24, 2.45) is 5.41 Å². The van der Waals surface area contributed by atoms with Crippen LogP contribution in [0.25, 0.3) is 0 Å². The van der Waals surface area contributed by atoms with E-state index in [0.717, 1.165) is 23.1 Å². The molecule has 0 spiro atoms. The molecule has 0 N–H and O–H groups in total. The Balaban J connectivity index is 2.11. The summed E-state index contributed by atoms with van der Waals surface area (Å²) in [4.78, 5) is 0. The summed E-state index contributed by atoms with van der Waals surface area (Å²) < 4.78 is 12.5. The highest BCUT2D eigenvalue weighted by molar-refractivity contribution is 9.10. The lowest BCUT2D eigenvalue weighted by Crippen LogP contribution is -2.47. The van der Waals surface area contributed by atoms with Crippen molar-refractivity contribution < 1.29 is 9.31 Å². The van der Waals surface area contributed by atoms with Gasteiger partial charge in [0.25, 0.3) is 0 Å². The molecule has 4 heteroatoms. The predicted octanol–water partition coefficient (Wildman–Crippen LogP) is 2.22. The summed E-state index contributed by atoms with van der Waals surface area (Å²) in [6.07, 6.45) is 0. The fourth-order valence-electron chi connectivity index (χ4n) is 1.54. The van der Waals surface area contributed by atoms with E-state index in [0.29, 0.717) is 0 Å². The quantitative estimate of drug-likeness (QED) is 0.728. The molecule has 0 aliphatic carbocycles. The van der Waals surface area contributed by atoms with Crippen LogP contribution in [-0.4, -0.2) is 20.3 Å². The van der Waals surface area contributed by atoms with Gasteiger partial charge in [0, 0.05) is 23.1 Å². The van der Waals surface area contributed by atoms with Crippen LogP contribution in [0.5, 0.6) is 0 Å². The van der Waals surface area contributed by atoms with Crippen LogP contribution in [0.1, 0.15) is 13.8 Å². The lowest BCUT2D eigenvalue weighted by Gasteiger charge is -2.33. The second kappa shape index (κ2) is 4.28. The molecule has 15 heavy (non-hydrogen) atoms. The molecule has 0 aromatic heterocycles. The first-order valence-electron chi connectivity index (χ1n) is 5.06. The van der Waals surface area contributed by atoms with Gasteiger partial charge < -0.3 is 9.31 Å². The number of hydrogen-bond acceptors (Lipinski definition) is 2. The Labute approximate surface area is 99.2 Å². The molecule has 0 amide bonds. The van der Waals surface area contributed by atoms with E-state index in [-0.39, 0.29) is 12.5 Å². The third-order valence-corrected chi connectivity index (χ3v) is 3.13. The van der Waals surface area contributed by atoms with Crippen LogP contribution in [-0.2, 0) is 9.31 Å². The van der Waals surface area contributed by atoms with E-state index in [9.17, 15) is 0 Å². The summed E-state index contributed by atoms with van der Waals surface area (Å²) >= 11 is 3.50. The molecule has 0 bridgehead atoms. The zero-order chi connectivity index (χ0) is 10.9. The topological polar surface area (TPSA) is 18.5 Å². The molecule has 1 fully saturated rings. The van der Waals surface area contributed by atoms with Gasteiger partial charge in [-0.25, -0.2) is 0 Å². The third-order valence-electron chi connectivity index (χ3n) is 2.41. The SMILES string of the molecule is CC1(C)COB(c2ccccc2Br)OC1. The van der Waals surface area contributed by atoms with Crippen LogP contribution < -0.4 is 5.46 Å². The molecule has 2 nitrogen and oxygen atoms in total. The van der Waals surface area contributed by atoms with Crippen LogP contribution >= 0.6 is 15.9 Å². The maximum atomic E-state index is 5.71. The minimum atomic E-state index is -0.228. The molecule has 80 valence electrons. The zero-order valence-electron chi connectivity index (χ0n) is 9.00. The Bertz CT molecular complexity index is 344. The maximum Gasteiger partial charge on any atom is 0.495 e. The van der Waals surface area contributed by atoms with E-state index in [2.05, 4.69) is 29.8 Å². The molecule has 1 saturated heterocycles. The largest absolute Gasteiger partial charge is 0.495 e. The van der Waals surface area contributed by atoms with Gasteiger partial charge in [0.15, 0.2) is 0 Å². The van der Waals surface area contributed by atoms with Gasteiger partial charge in [-0.1, -0.05) is 48.0 Å². The van der Waals surface area contributed by atoms with Crippen molar-refractivity contribution in [2.75, 3.05) is 13.2 Å². The summed E-state index contributed by atoms with van der Waals surface area (Å²) in [7, 11) is -0.228. The number of hydrogen-bond donors (Lipinski definition) is 0. The van der Waals surface area contributed by atoms with Gasteiger partial charge in [-0.05, 0) is 11.5 Å². The summed E-state index contributed by atoms with van der Waals surface area (Å²) in [5, 5.41) is 0. The Morgan fingerprint density at radius 1 is 1.20 bits per heavy atom. The number of benzene rings is 1. The van der Waals surface area contributed by atoms with Crippen LogP contribution in [0.3, 0.4) is 0 Å². The van der Waals surface area contributed by atoms with Crippen molar-refractivity contribution in [3.8, 4) is 0 Å². The van der Waals surface area contributed by atoms with Gasteiger partial charge in [0.05, 0.1) is 0 Å². The molecular formula is C11H14BBrO2. The lowest BCUT2D eigenvalue weighted by atomic mass is 9.76. The minimum absolute atomic E-state index is 0.123. The molecule has 0 unspecified atom stereocenters. The molecule has 1 aromatic carbocycles. The molecule has 0 saturated carbocycles. The van der Waals surface area contributed by atoms with E-state index >= 15 is 0 Å². The molecule has 2 rings (SSSR count). The normalized spacial score (nSPS) is 20.3. The molecular weight excluding hydrogens is 255 g/mol. The summed E-state index contributed by atoms with van der Waals surface area (Å²) in [6.45, 7) is 5.75. The van der Waals surface area contributed by atoms with Gasteiger partial charge in [-0.2, -0.15) is 0 Å². The van der Waals surface area contributed by atoms with Crippen molar-refractivity contribution >= 4 is 28.5 Å². The molecule has 1 aromatic rings.